The maximum atomic E-state index is 13.7. The number of hydrogen-bond donors (Lipinski definition) is 1. The fourth-order valence-electron chi connectivity index (χ4n) is 1.71. The summed E-state index contributed by atoms with van der Waals surface area (Å²) < 4.78 is 18.6. The number of nitrogens with zero attached hydrogens (tertiary/aromatic N) is 1. The lowest BCUT2D eigenvalue weighted by atomic mass is 10.1. The van der Waals surface area contributed by atoms with E-state index in [1.54, 1.807) is 13.2 Å². The molecule has 0 heterocycles. The van der Waals surface area contributed by atoms with Crippen molar-refractivity contribution < 1.29 is 9.13 Å². The predicted molar refractivity (Wildman–Crippen MR) is 64.1 cm³/mol. The van der Waals surface area contributed by atoms with Crippen LogP contribution < -0.4 is 10.6 Å². The number of hydrogen-bond acceptors (Lipinski definition) is 3. The van der Waals surface area contributed by atoms with Gasteiger partial charge in [0.15, 0.2) is 0 Å². The van der Waals surface area contributed by atoms with Crippen molar-refractivity contribution in [1.82, 2.24) is 0 Å². The molecule has 1 aromatic rings. The number of methoxy groups -OCH3 is 1. The van der Waals surface area contributed by atoms with Crippen molar-refractivity contribution >= 4 is 5.69 Å². The molecule has 3 nitrogen and oxygen atoms in total. The molecule has 0 atom stereocenters. The maximum Gasteiger partial charge on any atom is 0.146 e. The van der Waals surface area contributed by atoms with E-state index in [1.165, 1.54) is 6.07 Å². The number of benzene rings is 1. The topological polar surface area (TPSA) is 38.5 Å². The third kappa shape index (κ3) is 3.18. The van der Waals surface area contributed by atoms with Crippen LogP contribution in [0.4, 0.5) is 10.1 Å². The Hall–Kier alpha value is -1.13. The molecule has 0 spiro atoms. The molecule has 0 radical (unpaired) electrons. The number of nitrogens with two attached hydrogens (primary N) is 1. The molecule has 0 aliphatic carbocycles. The van der Waals surface area contributed by atoms with Crippen LogP contribution in [0.5, 0.6) is 0 Å². The molecular formula is C12H19FN2O. The Morgan fingerprint density at radius 1 is 1.44 bits per heavy atom. The Morgan fingerprint density at radius 2 is 2.19 bits per heavy atom. The van der Waals surface area contributed by atoms with Crippen LogP contribution in [-0.2, 0) is 11.3 Å². The molecule has 0 amide bonds. The van der Waals surface area contributed by atoms with E-state index in [-0.39, 0.29) is 5.82 Å². The first kappa shape index (κ1) is 12.9. The highest BCUT2D eigenvalue weighted by atomic mass is 19.1. The minimum atomic E-state index is -0.220. The van der Waals surface area contributed by atoms with Crippen LogP contribution in [0, 0.1) is 5.82 Å². The van der Waals surface area contributed by atoms with Gasteiger partial charge in [0.1, 0.15) is 5.82 Å². The second kappa shape index (κ2) is 6.45. The fraction of sp³-hybridized carbons (Fsp3) is 0.500. The molecule has 1 rings (SSSR count). The summed E-state index contributed by atoms with van der Waals surface area (Å²) in [6, 6.07) is 5.00. The van der Waals surface area contributed by atoms with Crippen molar-refractivity contribution in [3.63, 3.8) is 0 Å². The molecule has 0 saturated carbocycles. The standard InChI is InChI=1S/C12H19FN2O/c1-15(7-4-8-16-2)12-10(9-14)5-3-6-11(12)13/h3,5-6H,4,7-9,14H2,1-2H3. The van der Waals surface area contributed by atoms with E-state index in [9.17, 15) is 4.39 Å². The molecule has 0 aliphatic rings. The average molecular weight is 226 g/mol. The summed E-state index contributed by atoms with van der Waals surface area (Å²) in [5.74, 6) is -0.220. The number of ether oxygens (including phenoxy) is 1. The fourth-order valence-corrected chi connectivity index (χ4v) is 1.71. The molecule has 0 fully saturated rings. The van der Waals surface area contributed by atoms with Crippen LogP contribution in [0.1, 0.15) is 12.0 Å². The molecule has 0 unspecified atom stereocenters. The molecule has 0 aliphatic heterocycles. The number of anilines is 1. The van der Waals surface area contributed by atoms with Gasteiger partial charge in [0.2, 0.25) is 0 Å². The zero-order chi connectivity index (χ0) is 12.0. The van der Waals surface area contributed by atoms with Gasteiger partial charge in [0, 0.05) is 33.9 Å². The number of halogens is 1. The Balaban J connectivity index is 2.76. The molecule has 0 bridgehead atoms. The van der Waals surface area contributed by atoms with Crippen molar-refractivity contribution in [2.75, 3.05) is 32.2 Å². The van der Waals surface area contributed by atoms with Crippen LogP contribution in [-0.4, -0.2) is 27.3 Å². The third-order valence-corrected chi connectivity index (χ3v) is 2.51. The van der Waals surface area contributed by atoms with E-state index < -0.39 is 0 Å². The Morgan fingerprint density at radius 3 is 2.81 bits per heavy atom. The summed E-state index contributed by atoms with van der Waals surface area (Å²) in [6.45, 7) is 1.78. The van der Waals surface area contributed by atoms with Gasteiger partial charge in [-0.05, 0) is 18.1 Å². The van der Waals surface area contributed by atoms with E-state index in [0.717, 1.165) is 18.5 Å². The second-order valence-corrected chi connectivity index (χ2v) is 3.72. The number of rotatable bonds is 6. The van der Waals surface area contributed by atoms with E-state index in [1.807, 2.05) is 18.0 Å². The number of para-hydroxylation sites is 1. The average Bonchev–Trinajstić information content (AvgIpc) is 2.28. The van der Waals surface area contributed by atoms with Crippen molar-refractivity contribution in [3.05, 3.63) is 29.6 Å². The molecule has 2 N–H and O–H groups in total. The lowest BCUT2D eigenvalue weighted by Crippen LogP contribution is -2.23. The normalized spacial score (nSPS) is 10.5. The maximum absolute atomic E-state index is 13.7. The zero-order valence-electron chi connectivity index (χ0n) is 9.87. The van der Waals surface area contributed by atoms with E-state index in [0.29, 0.717) is 18.8 Å². The summed E-state index contributed by atoms with van der Waals surface area (Å²) in [7, 11) is 3.53. The summed E-state index contributed by atoms with van der Waals surface area (Å²) in [4.78, 5) is 1.89. The van der Waals surface area contributed by atoms with Crippen LogP contribution >= 0.6 is 0 Å². The Labute approximate surface area is 96.0 Å². The van der Waals surface area contributed by atoms with Gasteiger partial charge in [-0.3, -0.25) is 0 Å². The van der Waals surface area contributed by atoms with Crippen LogP contribution in [0.3, 0.4) is 0 Å². The molecular weight excluding hydrogens is 207 g/mol. The first-order chi connectivity index (χ1) is 7.70. The van der Waals surface area contributed by atoms with Crippen molar-refractivity contribution in [2.24, 2.45) is 5.73 Å². The van der Waals surface area contributed by atoms with Gasteiger partial charge in [0.25, 0.3) is 0 Å². The summed E-state index contributed by atoms with van der Waals surface area (Å²) in [5.41, 5.74) is 7.03. The predicted octanol–water partition coefficient (Wildman–Crippen LogP) is 1.76. The van der Waals surface area contributed by atoms with Gasteiger partial charge in [-0.2, -0.15) is 0 Å². The van der Waals surface area contributed by atoms with Gasteiger partial charge in [-0.25, -0.2) is 4.39 Å². The Bertz CT molecular complexity index is 331. The van der Waals surface area contributed by atoms with Gasteiger partial charge in [-0.15, -0.1) is 0 Å². The third-order valence-electron chi connectivity index (χ3n) is 2.51. The van der Waals surface area contributed by atoms with Crippen molar-refractivity contribution in [1.29, 1.82) is 0 Å². The zero-order valence-corrected chi connectivity index (χ0v) is 9.87. The minimum absolute atomic E-state index is 0.220. The second-order valence-electron chi connectivity index (χ2n) is 3.72. The van der Waals surface area contributed by atoms with Crippen molar-refractivity contribution in [2.45, 2.75) is 13.0 Å². The smallest absolute Gasteiger partial charge is 0.146 e. The first-order valence-corrected chi connectivity index (χ1v) is 5.38. The highest BCUT2D eigenvalue weighted by Gasteiger charge is 2.11. The molecule has 0 aromatic heterocycles. The van der Waals surface area contributed by atoms with Crippen LogP contribution in [0.2, 0.25) is 0 Å². The highest BCUT2D eigenvalue weighted by molar-refractivity contribution is 5.54. The molecule has 4 heteroatoms. The molecule has 16 heavy (non-hydrogen) atoms. The van der Waals surface area contributed by atoms with E-state index >= 15 is 0 Å². The first-order valence-electron chi connectivity index (χ1n) is 5.38. The largest absolute Gasteiger partial charge is 0.385 e. The monoisotopic (exact) mass is 226 g/mol. The van der Waals surface area contributed by atoms with Crippen molar-refractivity contribution in [3.8, 4) is 0 Å². The molecule has 1 aromatic carbocycles. The van der Waals surface area contributed by atoms with E-state index in [4.69, 9.17) is 10.5 Å². The van der Waals surface area contributed by atoms with Gasteiger partial charge in [-0.1, -0.05) is 12.1 Å². The summed E-state index contributed by atoms with van der Waals surface area (Å²) in [5, 5.41) is 0. The SMILES string of the molecule is COCCCN(C)c1c(F)cccc1CN. The summed E-state index contributed by atoms with van der Waals surface area (Å²) in [6.07, 6.45) is 0.866. The van der Waals surface area contributed by atoms with Gasteiger partial charge in [0.05, 0.1) is 5.69 Å². The lowest BCUT2D eigenvalue weighted by molar-refractivity contribution is 0.196. The molecule has 0 saturated heterocycles. The van der Waals surface area contributed by atoms with Crippen LogP contribution in [0.15, 0.2) is 18.2 Å². The Kier molecular flexibility index (Phi) is 5.22. The molecule has 90 valence electrons. The minimum Gasteiger partial charge on any atom is -0.385 e. The van der Waals surface area contributed by atoms with E-state index in [2.05, 4.69) is 0 Å². The summed E-state index contributed by atoms with van der Waals surface area (Å²) >= 11 is 0. The quantitative estimate of drug-likeness (QED) is 0.751. The highest BCUT2D eigenvalue weighted by Crippen LogP contribution is 2.23. The van der Waals surface area contributed by atoms with Crippen LogP contribution in [0.25, 0.3) is 0 Å². The van der Waals surface area contributed by atoms with Gasteiger partial charge < -0.3 is 15.4 Å². The van der Waals surface area contributed by atoms with Gasteiger partial charge >= 0.3 is 0 Å². The lowest BCUT2D eigenvalue weighted by Gasteiger charge is -2.22.